The van der Waals surface area contributed by atoms with Crippen LogP contribution in [-0.2, 0) is 13.1 Å². The first-order valence-corrected chi connectivity index (χ1v) is 9.61. The lowest BCUT2D eigenvalue weighted by Gasteiger charge is -2.34. The number of hydrogen-bond acceptors (Lipinski definition) is 3. The SMILES string of the molecule is CCN(CC)c1ccc(CN2CCN(Cc3ccccc3)CC2)cc1. The Morgan fingerprint density at radius 1 is 0.680 bits per heavy atom. The monoisotopic (exact) mass is 337 g/mol. The molecule has 1 aliphatic heterocycles. The number of hydrogen-bond donors (Lipinski definition) is 0. The van der Waals surface area contributed by atoms with Gasteiger partial charge >= 0.3 is 0 Å². The number of rotatable bonds is 7. The minimum atomic E-state index is 1.07. The summed E-state index contributed by atoms with van der Waals surface area (Å²) in [6.07, 6.45) is 0. The van der Waals surface area contributed by atoms with E-state index in [4.69, 9.17) is 0 Å². The fourth-order valence-electron chi connectivity index (χ4n) is 3.61. The molecular weight excluding hydrogens is 306 g/mol. The molecule has 0 bridgehead atoms. The van der Waals surface area contributed by atoms with E-state index in [1.807, 2.05) is 0 Å². The van der Waals surface area contributed by atoms with Crippen molar-refractivity contribution in [3.8, 4) is 0 Å². The molecule has 3 heteroatoms. The standard InChI is InChI=1S/C22H31N3/c1-3-25(4-2)22-12-10-21(11-13-22)19-24-16-14-23(15-17-24)18-20-8-6-5-7-9-20/h5-13H,3-4,14-19H2,1-2H3. The van der Waals surface area contributed by atoms with Crippen LogP contribution >= 0.6 is 0 Å². The Morgan fingerprint density at radius 2 is 1.16 bits per heavy atom. The molecule has 1 saturated heterocycles. The normalized spacial score (nSPS) is 16.1. The average molecular weight is 338 g/mol. The Hall–Kier alpha value is -1.84. The van der Waals surface area contributed by atoms with E-state index < -0.39 is 0 Å². The van der Waals surface area contributed by atoms with E-state index >= 15 is 0 Å². The highest BCUT2D eigenvalue weighted by molar-refractivity contribution is 5.47. The van der Waals surface area contributed by atoms with Gasteiger partial charge in [0.1, 0.15) is 0 Å². The predicted molar refractivity (Wildman–Crippen MR) is 107 cm³/mol. The van der Waals surface area contributed by atoms with Crippen LogP contribution in [0.5, 0.6) is 0 Å². The van der Waals surface area contributed by atoms with Crippen LogP contribution < -0.4 is 4.90 Å². The maximum absolute atomic E-state index is 2.58. The molecule has 2 aromatic carbocycles. The first-order valence-electron chi connectivity index (χ1n) is 9.61. The highest BCUT2D eigenvalue weighted by Gasteiger charge is 2.17. The second-order valence-corrected chi connectivity index (χ2v) is 6.88. The highest BCUT2D eigenvalue weighted by atomic mass is 15.3. The zero-order chi connectivity index (χ0) is 17.5. The number of nitrogens with zero attached hydrogens (tertiary/aromatic N) is 3. The smallest absolute Gasteiger partial charge is 0.0366 e. The van der Waals surface area contributed by atoms with Crippen molar-refractivity contribution in [2.75, 3.05) is 44.2 Å². The number of anilines is 1. The van der Waals surface area contributed by atoms with Crippen molar-refractivity contribution in [2.24, 2.45) is 0 Å². The lowest BCUT2D eigenvalue weighted by Crippen LogP contribution is -2.45. The van der Waals surface area contributed by atoms with Gasteiger partial charge in [-0.25, -0.2) is 0 Å². The van der Waals surface area contributed by atoms with Gasteiger partial charge in [0.2, 0.25) is 0 Å². The molecule has 0 atom stereocenters. The van der Waals surface area contributed by atoms with E-state index in [0.717, 1.165) is 52.4 Å². The third kappa shape index (κ3) is 5.07. The van der Waals surface area contributed by atoms with E-state index in [1.165, 1.54) is 16.8 Å². The van der Waals surface area contributed by atoms with Crippen molar-refractivity contribution >= 4 is 5.69 Å². The van der Waals surface area contributed by atoms with Gasteiger partial charge in [-0.15, -0.1) is 0 Å². The van der Waals surface area contributed by atoms with Crippen LogP contribution in [0.2, 0.25) is 0 Å². The predicted octanol–water partition coefficient (Wildman–Crippen LogP) is 3.85. The summed E-state index contributed by atoms with van der Waals surface area (Å²) in [7, 11) is 0. The third-order valence-corrected chi connectivity index (χ3v) is 5.19. The van der Waals surface area contributed by atoms with Crippen molar-refractivity contribution in [3.63, 3.8) is 0 Å². The average Bonchev–Trinajstić information content (AvgIpc) is 2.66. The molecule has 2 aromatic rings. The van der Waals surface area contributed by atoms with Crippen LogP contribution in [0.25, 0.3) is 0 Å². The van der Waals surface area contributed by atoms with Gasteiger partial charge in [0.15, 0.2) is 0 Å². The molecule has 0 aromatic heterocycles. The minimum absolute atomic E-state index is 1.07. The first-order chi connectivity index (χ1) is 12.3. The molecule has 0 aliphatic carbocycles. The van der Waals surface area contributed by atoms with Crippen LogP contribution in [0.1, 0.15) is 25.0 Å². The second kappa shape index (κ2) is 9.02. The lowest BCUT2D eigenvalue weighted by atomic mass is 10.1. The zero-order valence-corrected chi connectivity index (χ0v) is 15.7. The summed E-state index contributed by atoms with van der Waals surface area (Å²) >= 11 is 0. The summed E-state index contributed by atoms with van der Waals surface area (Å²) in [4.78, 5) is 7.54. The highest BCUT2D eigenvalue weighted by Crippen LogP contribution is 2.17. The summed E-state index contributed by atoms with van der Waals surface area (Å²) in [6.45, 7) is 13.3. The molecule has 25 heavy (non-hydrogen) atoms. The van der Waals surface area contributed by atoms with Crippen molar-refractivity contribution in [1.82, 2.24) is 9.80 Å². The molecule has 1 heterocycles. The Morgan fingerprint density at radius 3 is 1.64 bits per heavy atom. The van der Waals surface area contributed by atoms with Gasteiger partial charge in [0.05, 0.1) is 0 Å². The van der Waals surface area contributed by atoms with Gasteiger partial charge in [-0.05, 0) is 37.1 Å². The molecule has 1 aliphatic rings. The Bertz CT molecular complexity index is 611. The topological polar surface area (TPSA) is 9.72 Å². The maximum Gasteiger partial charge on any atom is 0.0366 e. The quantitative estimate of drug-likeness (QED) is 0.760. The van der Waals surface area contributed by atoms with Crippen LogP contribution in [-0.4, -0.2) is 49.1 Å². The number of benzene rings is 2. The van der Waals surface area contributed by atoms with E-state index in [-0.39, 0.29) is 0 Å². The molecular formula is C22H31N3. The van der Waals surface area contributed by atoms with Crippen LogP contribution in [0.15, 0.2) is 54.6 Å². The molecule has 0 amide bonds. The largest absolute Gasteiger partial charge is 0.372 e. The summed E-state index contributed by atoms with van der Waals surface area (Å²) in [5, 5.41) is 0. The van der Waals surface area contributed by atoms with Gasteiger partial charge in [-0.3, -0.25) is 9.80 Å². The minimum Gasteiger partial charge on any atom is -0.372 e. The van der Waals surface area contributed by atoms with Gasteiger partial charge in [0, 0.05) is 58.0 Å². The summed E-state index contributed by atoms with van der Waals surface area (Å²) in [5.74, 6) is 0. The Balaban J connectivity index is 1.47. The summed E-state index contributed by atoms with van der Waals surface area (Å²) in [6, 6.07) is 19.9. The van der Waals surface area contributed by atoms with Gasteiger partial charge in [0.25, 0.3) is 0 Å². The molecule has 3 rings (SSSR count). The van der Waals surface area contributed by atoms with Gasteiger partial charge in [-0.2, -0.15) is 0 Å². The van der Waals surface area contributed by atoms with E-state index in [1.54, 1.807) is 0 Å². The molecule has 134 valence electrons. The van der Waals surface area contributed by atoms with Gasteiger partial charge < -0.3 is 4.90 Å². The molecule has 0 N–H and O–H groups in total. The van der Waals surface area contributed by atoms with E-state index in [9.17, 15) is 0 Å². The van der Waals surface area contributed by atoms with Crippen molar-refractivity contribution in [3.05, 3.63) is 65.7 Å². The van der Waals surface area contributed by atoms with Crippen molar-refractivity contribution < 1.29 is 0 Å². The third-order valence-electron chi connectivity index (χ3n) is 5.19. The first kappa shape index (κ1) is 18.0. The molecule has 0 radical (unpaired) electrons. The second-order valence-electron chi connectivity index (χ2n) is 6.88. The van der Waals surface area contributed by atoms with Crippen molar-refractivity contribution in [1.29, 1.82) is 0 Å². The van der Waals surface area contributed by atoms with Gasteiger partial charge in [-0.1, -0.05) is 42.5 Å². The molecule has 0 spiro atoms. The van der Waals surface area contributed by atoms with E-state index in [2.05, 4.69) is 83.1 Å². The Kier molecular flexibility index (Phi) is 6.48. The number of piperazine rings is 1. The summed E-state index contributed by atoms with van der Waals surface area (Å²) < 4.78 is 0. The van der Waals surface area contributed by atoms with Crippen molar-refractivity contribution in [2.45, 2.75) is 26.9 Å². The fourth-order valence-corrected chi connectivity index (χ4v) is 3.61. The molecule has 1 fully saturated rings. The van der Waals surface area contributed by atoms with Crippen LogP contribution in [0, 0.1) is 0 Å². The van der Waals surface area contributed by atoms with Crippen LogP contribution in [0.3, 0.4) is 0 Å². The molecule has 0 unspecified atom stereocenters. The Labute approximate surface area is 152 Å². The summed E-state index contributed by atoms with van der Waals surface area (Å²) in [5.41, 5.74) is 4.18. The maximum atomic E-state index is 2.58. The molecule has 3 nitrogen and oxygen atoms in total. The zero-order valence-electron chi connectivity index (χ0n) is 15.7. The fraction of sp³-hybridized carbons (Fsp3) is 0.455. The lowest BCUT2D eigenvalue weighted by molar-refractivity contribution is 0.122. The van der Waals surface area contributed by atoms with E-state index in [0.29, 0.717) is 0 Å². The van der Waals surface area contributed by atoms with Crippen LogP contribution in [0.4, 0.5) is 5.69 Å². The molecule has 0 saturated carbocycles.